The molecule has 2 atom stereocenters. The number of primary amides is 1. The molecule has 3 aromatic heterocycles. The minimum Gasteiger partial charge on any atom is -0.493 e. The van der Waals surface area contributed by atoms with E-state index in [2.05, 4.69) is 21.0 Å². The van der Waals surface area contributed by atoms with Crippen molar-refractivity contribution in [2.24, 2.45) is 17.6 Å². The molecule has 2 unspecified atom stereocenters. The Morgan fingerprint density at radius 3 is 2.52 bits per heavy atom. The molecule has 4 aromatic rings. The summed E-state index contributed by atoms with van der Waals surface area (Å²) in [4.78, 5) is 23.5. The highest BCUT2D eigenvalue weighted by Gasteiger charge is 2.35. The molecule has 2 fully saturated rings. The molecule has 2 aliphatic carbocycles. The van der Waals surface area contributed by atoms with Crippen molar-refractivity contribution in [2.45, 2.75) is 62.5 Å². The van der Waals surface area contributed by atoms with Crippen LogP contribution in [0, 0.1) is 11.8 Å². The summed E-state index contributed by atoms with van der Waals surface area (Å²) in [5.41, 5.74) is 8.76. The number of H-pyrrole nitrogens is 1. The van der Waals surface area contributed by atoms with Gasteiger partial charge in [-0.2, -0.15) is 0 Å². The third-order valence-electron chi connectivity index (χ3n) is 8.93. The molecule has 0 radical (unpaired) electrons. The van der Waals surface area contributed by atoms with Crippen LogP contribution < -0.4 is 10.5 Å². The van der Waals surface area contributed by atoms with Gasteiger partial charge in [0, 0.05) is 28.7 Å². The van der Waals surface area contributed by atoms with E-state index >= 15 is 0 Å². The summed E-state index contributed by atoms with van der Waals surface area (Å²) in [6.45, 7) is 0.557. The van der Waals surface area contributed by atoms with E-state index in [1.54, 1.807) is 24.3 Å². The van der Waals surface area contributed by atoms with Gasteiger partial charge in [-0.05, 0) is 105 Å². The smallest absolute Gasteiger partial charge is 0.248 e. The number of ether oxygens (including phenoxy) is 1. The number of amides is 1. The number of sulfone groups is 1. The van der Waals surface area contributed by atoms with E-state index in [-0.39, 0.29) is 16.9 Å². The van der Waals surface area contributed by atoms with Gasteiger partial charge in [-0.3, -0.25) is 9.78 Å². The van der Waals surface area contributed by atoms with Gasteiger partial charge >= 0.3 is 0 Å². The van der Waals surface area contributed by atoms with Crippen molar-refractivity contribution in [2.75, 3.05) is 12.4 Å². The molecule has 0 spiro atoms. The van der Waals surface area contributed by atoms with E-state index < -0.39 is 15.7 Å². The molecule has 2 saturated carbocycles. The van der Waals surface area contributed by atoms with Crippen molar-refractivity contribution in [1.29, 1.82) is 0 Å². The number of rotatable bonds is 8. The van der Waals surface area contributed by atoms with Crippen molar-refractivity contribution < 1.29 is 17.9 Å². The molecule has 0 bridgehead atoms. The lowest BCUT2D eigenvalue weighted by Gasteiger charge is -2.32. The maximum atomic E-state index is 13.5. The highest BCUT2D eigenvalue weighted by Crippen LogP contribution is 2.40. The van der Waals surface area contributed by atoms with Gasteiger partial charge in [0.05, 0.1) is 29.3 Å². The number of hydrogen-bond donors (Lipinski definition) is 2. The lowest BCUT2D eigenvalue weighted by Crippen LogP contribution is -2.33. The third-order valence-corrected chi connectivity index (χ3v) is 11.4. The van der Waals surface area contributed by atoms with Gasteiger partial charge in [-0.15, -0.1) is 0 Å². The molecule has 6 rings (SSSR count). The summed E-state index contributed by atoms with van der Waals surface area (Å²) in [5.74, 6) is 1.36. The number of pyridine rings is 2. The van der Waals surface area contributed by atoms with E-state index in [1.165, 1.54) is 5.56 Å². The largest absolute Gasteiger partial charge is 0.493 e. The molecule has 0 aliphatic heterocycles. The summed E-state index contributed by atoms with van der Waals surface area (Å²) in [6.07, 6.45) is 12.6. The molecule has 1 aromatic carbocycles. The highest BCUT2D eigenvalue weighted by atomic mass is 32.2. The number of nitrogens with two attached hydrogens (primary N) is 1. The van der Waals surface area contributed by atoms with E-state index in [0.717, 1.165) is 60.5 Å². The van der Waals surface area contributed by atoms with Crippen LogP contribution in [0.15, 0.2) is 55.0 Å². The molecule has 3 N–H and O–H groups in total. The second kappa shape index (κ2) is 11.2. The van der Waals surface area contributed by atoms with Crippen LogP contribution >= 0.6 is 0 Å². The SMILES string of the molecule is NC(=O)c1ccc(OCC2CCCC(CS(=O)(=O)C3CCC(c4ccnc5cnc6[nH]ccc6c45)CC3)C2)cc1. The molecule has 3 heterocycles. The van der Waals surface area contributed by atoms with E-state index in [9.17, 15) is 13.2 Å². The van der Waals surface area contributed by atoms with Gasteiger partial charge < -0.3 is 15.5 Å². The van der Waals surface area contributed by atoms with Crippen LogP contribution in [0.5, 0.6) is 5.75 Å². The van der Waals surface area contributed by atoms with Crippen LogP contribution in [0.3, 0.4) is 0 Å². The van der Waals surface area contributed by atoms with Crippen molar-refractivity contribution in [3.05, 3.63) is 66.1 Å². The first-order chi connectivity index (χ1) is 19.4. The van der Waals surface area contributed by atoms with Crippen LogP contribution in [-0.4, -0.2) is 46.9 Å². The first kappa shape index (κ1) is 26.7. The minimum absolute atomic E-state index is 0.181. The van der Waals surface area contributed by atoms with Gasteiger partial charge in [0.25, 0.3) is 0 Å². The third kappa shape index (κ3) is 5.57. The first-order valence-electron chi connectivity index (χ1n) is 14.3. The molecule has 0 saturated heterocycles. The Kier molecular flexibility index (Phi) is 7.49. The van der Waals surface area contributed by atoms with Crippen molar-refractivity contribution in [3.63, 3.8) is 0 Å². The summed E-state index contributed by atoms with van der Waals surface area (Å²) < 4.78 is 33.0. The average Bonchev–Trinajstić information content (AvgIpc) is 3.45. The van der Waals surface area contributed by atoms with Crippen LogP contribution in [-0.2, 0) is 9.84 Å². The lowest BCUT2D eigenvalue weighted by molar-refractivity contribution is 0.1000. The van der Waals surface area contributed by atoms with E-state index in [0.29, 0.717) is 42.6 Å². The average molecular weight is 561 g/mol. The van der Waals surface area contributed by atoms with Crippen molar-refractivity contribution in [3.8, 4) is 5.75 Å². The second-order valence-electron chi connectivity index (χ2n) is 11.6. The topological polar surface area (TPSA) is 128 Å². The summed E-state index contributed by atoms with van der Waals surface area (Å²) in [5, 5.41) is 1.96. The quantitative estimate of drug-likeness (QED) is 0.291. The van der Waals surface area contributed by atoms with Gasteiger partial charge in [0.1, 0.15) is 11.4 Å². The summed E-state index contributed by atoms with van der Waals surface area (Å²) >= 11 is 0. The maximum Gasteiger partial charge on any atom is 0.248 e. The highest BCUT2D eigenvalue weighted by molar-refractivity contribution is 7.92. The number of carbonyl (C=O) groups is 1. The second-order valence-corrected chi connectivity index (χ2v) is 13.9. The zero-order valence-corrected chi connectivity index (χ0v) is 23.4. The first-order valence-corrected chi connectivity index (χ1v) is 16.0. The fourth-order valence-electron chi connectivity index (χ4n) is 6.85. The van der Waals surface area contributed by atoms with E-state index in [4.69, 9.17) is 10.5 Å². The lowest BCUT2D eigenvalue weighted by atomic mass is 9.82. The zero-order chi connectivity index (χ0) is 27.7. The number of benzene rings is 1. The number of aromatic amines is 1. The van der Waals surface area contributed by atoms with Crippen molar-refractivity contribution >= 4 is 37.7 Å². The van der Waals surface area contributed by atoms with Gasteiger partial charge in [0.15, 0.2) is 9.84 Å². The van der Waals surface area contributed by atoms with Gasteiger partial charge in [-0.1, -0.05) is 6.42 Å². The molecule has 1 amide bonds. The summed E-state index contributed by atoms with van der Waals surface area (Å²) in [7, 11) is -3.17. The van der Waals surface area contributed by atoms with Gasteiger partial charge in [-0.25, -0.2) is 13.4 Å². The van der Waals surface area contributed by atoms with Crippen LogP contribution in [0.25, 0.3) is 21.9 Å². The molecule has 2 aliphatic rings. The van der Waals surface area contributed by atoms with Crippen LogP contribution in [0.1, 0.15) is 73.2 Å². The van der Waals surface area contributed by atoms with Crippen molar-refractivity contribution in [1.82, 2.24) is 15.0 Å². The number of carbonyl (C=O) groups excluding carboxylic acids is 1. The Hall–Kier alpha value is -3.46. The number of nitrogens with one attached hydrogen (secondary N) is 1. The number of aromatic nitrogens is 3. The molecule has 8 nitrogen and oxygen atoms in total. The Bertz CT molecular complexity index is 1610. The molecule has 9 heteroatoms. The number of hydrogen-bond acceptors (Lipinski definition) is 6. The van der Waals surface area contributed by atoms with Crippen LogP contribution in [0.2, 0.25) is 0 Å². The number of fused-ring (bicyclic) bond motifs is 3. The van der Waals surface area contributed by atoms with Gasteiger partial charge in [0.2, 0.25) is 5.91 Å². The maximum absolute atomic E-state index is 13.5. The summed E-state index contributed by atoms with van der Waals surface area (Å²) in [6, 6.07) is 11.0. The van der Waals surface area contributed by atoms with E-state index in [1.807, 2.05) is 24.7 Å². The molecular formula is C31H36N4O4S. The number of nitrogens with zero attached hydrogens (tertiary/aromatic N) is 2. The fourth-order valence-corrected chi connectivity index (χ4v) is 9.07. The normalized spacial score (nSPS) is 23.8. The monoisotopic (exact) mass is 560 g/mol. The molecule has 210 valence electrons. The molecule has 40 heavy (non-hydrogen) atoms. The zero-order valence-electron chi connectivity index (χ0n) is 22.6. The minimum atomic E-state index is -3.17. The fraction of sp³-hybridized carbons (Fsp3) is 0.452. The Morgan fingerprint density at radius 2 is 1.75 bits per heavy atom. The molecular weight excluding hydrogens is 524 g/mol. The Labute approximate surface area is 234 Å². The standard InChI is InChI=1S/C31H36N4O4S/c32-30(36)23-4-8-24(9-5-23)39-18-20-2-1-3-21(16-20)19-40(37,38)25-10-6-22(7-11-25)26-12-14-33-28-17-35-31-27(29(26)28)13-15-34-31/h4-5,8-9,12-15,17,20-22,25H,1-3,6-7,10-11,16,18-19H2,(H2,32,36)(H,34,35). The van der Waals surface area contributed by atoms with Crippen LogP contribution in [0.4, 0.5) is 0 Å². The predicted molar refractivity (Wildman–Crippen MR) is 156 cm³/mol. The Balaban J connectivity index is 1.05. The predicted octanol–water partition coefficient (Wildman–Crippen LogP) is 5.54. The Morgan fingerprint density at radius 1 is 0.975 bits per heavy atom.